The summed E-state index contributed by atoms with van der Waals surface area (Å²) in [4.78, 5) is 7.20. The van der Waals surface area contributed by atoms with Crippen molar-refractivity contribution in [3.63, 3.8) is 0 Å². The first-order valence-corrected chi connectivity index (χ1v) is 9.59. The molecule has 3 rings (SSSR count). The van der Waals surface area contributed by atoms with Gasteiger partial charge in [-0.2, -0.15) is 0 Å². The predicted molar refractivity (Wildman–Crippen MR) is 96.9 cm³/mol. The van der Waals surface area contributed by atoms with Crippen LogP contribution in [0.5, 0.6) is 0 Å². The minimum absolute atomic E-state index is 0.0533. The van der Waals surface area contributed by atoms with Gasteiger partial charge >= 0.3 is 0 Å². The zero-order valence-corrected chi connectivity index (χ0v) is 14.7. The van der Waals surface area contributed by atoms with Gasteiger partial charge in [-0.25, -0.2) is 4.99 Å². The molecule has 1 saturated heterocycles. The number of rotatable bonds is 7. The monoisotopic (exact) mass is 339 g/mol. The number of unbranched alkanes of at least 4 members (excludes halogenated alkanes) is 1. The first-order valence-electron chi connectivity index (χ1n) is 8.60. The topological polar surface area (TPSA) is 89.7 Å². The fourth-order valence-corrected chi connectivity index (χ4v) is 4.52. The lowest BCUT2D eigenvalue weighted by atomic mass is 9.85. The van der Waals surface area contributed by atoms with Crippen LogP contribution in [-0.2, 0) is 0 Å². The van der Waals surface area contributed by atoms with E-state index in [0.717, 1.165) is 31.9 Å². The number of nitrogens with two attached hydrogens (primary N) is 1. The van der Waals surface area contributed by atoms with Crippen molar-refractivity contribution in [2.45, 2.75) is 44.1 Å². The Hall–Kier alpha value is -0.960. The Labute approximate surface area is 142 Å². The van der Waals surface area contributed by atoms with E-state index in [1.165, 1.54) is 17.9 Å². The zero-order chi connectivity index (χ0) is 16.1. The van der Waals surface area contributed by atoms with E-state index in [-0.39, 0.29) is 17.9 Å². The summed E-state index contributed by atoms with van der Waals surface area (Å²) in [6, 6.07) is 0. The van der Waals surface area contributed by atoms with Gasteiger partial charge in [0.25, 0.3) is 0 Å². The lowest BCUT2D eigenvalue weighted by Crippen LogP contribution is -2.68. The number of fused-ring (bicyclic) bond motifs is 1. The van der Waals surface area contributed by atoms with Crippen molar-refractivity contribution < 1.29 is 0 Å². The molecule has 0 bridgehead atoms. The maximum absolute atomic E-state index is 5.61. The second kappa shape index (κ2) is 7.74. The molecule has 1 fully saturated rings. The third kappa shape index (κ3) is 3.45. The number of nitrogens with zero attached hydrogens (tertiary/aromatic N) is 2. The van der Waals surface area contributed by atoms with E-state index < -0.39 is 0 Å². The first kappa shape index (κ1) is 16.9. The highest BCUT2D eigenvalue weighted by molar-refractivity contribution is 8.03. The average molecular weight is 340 g/mol. The fourth-order valence-electron chi connectivity index (χ4n) is 3.58. The van der Waals surface area contributed by atoms with Crippen molar-refractivity contribution in [1.82, 2.24) is 26.2 Å². The Bertz CT molecular complexity index is 455. The van der Waals surface area contributed by atoms with E-state index in [1.807, 2.05) is 18.1 Å². The van der Waals surface area contributed by atoms with Crippen molar-refractivity contribution in [2.24, 2.45) is 10.7 Å². The molecule has 23 heavy (non-hydrogen) atoms. The molecule has 3 aliphatic rings. The summed E-state index contributed by atoms with van der Waals surface area (Å²) in [5.41, 5.74) is 5.55. The van der Waals surface area contributed by atoms with Crippen molar-refractivity contribution in [1.29, 1.82) is 0 Å². The van der Waals surface area contributed by atoms with Crippen LogP contribution >= 0.6 is 11.8 Å². The highest BCUT2D eigenvalue weighted by Crippen LogP contribution is 2.33. The van der Waals surface area contributed by atoms with Crippen molar-refractivity contribution in [2.75, 3.05) is 32.1 Å². The quantitative estimate of drug-likeness (QED) is 0.437. The van der Waals surface area contributed by atoms with Gasteiger partial charge in [-0.15, -0.1) is 11.8 Å². The number of aliphatic imine (C=N–C) groups is 1. The van der Waals surface area contributed by atoms with Crippen LogP contribution in [0.2, 0.25) is 0 Å². The third-order valence-electron chi connectivity index (χ3n) is 4.75. The predicted octanol–water partition coefficient (Wildman–Crippen LogP) is -0.255. The fraction of sp³-hybridized carbons (Fsp3) is 0.800. The Morgan fingerprint density at radius 3 is 3.30 bits per heavy atom. The summed E-state index contributed by atoms with van der Waals surface area (Å²) in [6.45, 7) is 5.55. The number of hydrogen-bond donors (Lipinski definition) is 5. The lowest BCUT2D eigenvalue weighted by molar-refractivity contribution is 0.119. The van der Waals surface area contributed by atoms with Crippen LogP contribution in [-0.4, -0.2) is 61.2 Å². The van der Waals surface area contributed by atoms with E-state index in [0.29, 0.717) is 6.54 Å². The highest BCUT2D eigenvalue weighted by Gasteiger charge is 2.51. The molecular weight excluding hydrogens is 310 g/mol. The van der Waals surface area contributed by atoms with Crippen LogP contribution in [0.3, 0.4) is 0 Å². The first-order chi connectivity index (χ1) is 11.3. The molecule has 0 aromatic rings. The minimum Gasteiger partial charge on any atom is -0.377 e. The summed E-state index contributed by atoms with van der Waals surface area (Å²) in [5, 5.41) is 15.2. The molecule has 0 amide bonds. The van der Waals surface area contributed by atoms with Crippen LogP contribution in [0, 0.1) is 0 Å². The normalized spacial score (nSPS) is 33.1. The van der Waals surface area contributed by atoms with E-state index in [9.17, 15) is 0 Å². The van der Waals surface area contributed by atoms with Gasteiger partial charge in [-0.1, -0.05) is 19.8 Å². The molecule has 130 valence electrons. The second-order valence-electron chi connectivity index (χ2n) is 6.25. The van der Waals surface area contributed by atoms with Crippen LogP contribution in [0.25, 0.3) is 0 Å². The molecule has 0 aromatic heterocycles. The molecule has 3 unspecified atom stereocenters. The maximum Gasteiger partial charge on any atom is 0.144 e. The SMILES string of the molecule is CCCCC12NCNC1NC=NC2N1C=C(NCCN)SCC1. The summed E-state index contributed by atoms with van der Waals surface area (Å²) in [7, 11) is 0. The Morgan fingerprint density at radius 2 is 2.48 bits per heavy atom. The van der Waals surface area contributed by atoms with Crippen LogP contribution in [0.1, 0.15) is 26.2 Å². The van der Waals surface area contributed by atoms with E-state index in [1.54, 1.807) is 0 Å². The molecular formula is C15H29N7S. The van der Waals surface area contributed by atoms with Crippen LogP contribution in [0.15, 0.2) is 16.2 Å². The molecule has 0 spiro atoms. The largest absolute Gasteiger partial charge is 0.377 e. The average Bonchev–Trinajstić information content (AvgIpc) is 3.02. The van der Waals surface area contributed by atoms with Crippen molar-refractivity contribution in [3.8, 4) is 0 Å². The lowest BCUT2D eigenvalue weighted by Gasteiger charge is -2.47. The van der Waals surface area contributed by atoms with Gasteiger partial charge in [0.05, 0.1) is 16.9 Å². The Kier molecular flexibility index (Phi) is 5.68. The van der Waals surface area contributed by atoms with Gasteiger partial charge in [-0.3, -0.25) is 10.6 Å². The summed E-state index contributed by atoms with van der Waals surface area (Å²) in [5.74, 6) is 1.07. The number of nitrogens with one attached hydrogen (secondary N) is 4. The number of thioether (sulfide) groups is 1. The Balaban J connectivity index is 1.80. The second-order valence-corrected chi connectivity index (χ2v) is 7.38. The van der Waals surface area contributed by atoms with Gasteiger partial charge in [0, 0.05) is 38.3 Å². The van der Waals surface area contributed by atoms with E-state index >= 15 is 0 Å². The van der Waals surface area contributed by atoms with E-state index in [4.69, 9.17) is 10.7 Å². The van der Waals surface area contributed by atoms with Gasteiger partial charge < -0.3 is 21.3 Å². The van der Waals surface area contributed by atoms with Crippen molar-refractivity contribution >= 4 is 18.1 Å². The number of hydrogen-bond acceptors (Lipinski definition) is 8. The minimum atomic E-state index is -0.0533. The van der Waals surface area contributed by atoms with Gasteiger partial charge in [-0.05, 0) is 6.42 Å². The van der Waals surface area contributed by atoms with Crippen LogP contribution in [0.4, 0.5) is 0 Å². The highest BCUT2D eigenvalue weighted by atomic mass is 32.2. The molecule has 7 nitrogen and oxygen atoms in total. The Morgan fingerprint density at radius 1 is 1.57 bits per heavy atom. The molecule has 0 radical (unpaired) electrons. The third-order valence-corrected chi connectivity index (χ3v) is 5.70. The molecule has 8 heteroatoms. The van der Waals surface area contributed by atoms with Gasteiger partial charge in [0.1, 0.15) is 12.3 Å². The molecule has 0 saturated carbocycles. The molecule has 3 heterocycles. The molecule has 3 aliphatic heterocycles. The van der Waals surface area contributed by atoms with Crippen molar-refractivity contribution in [3.05, 3.63) is 11.2 Å². The molecule has 0 aliphatic carbocycles. The maximum atomic E-state index is 5.61. The van der Waals surface area contributed by atoms with Crippen LogP contribution < -0.4 is 27.0 Å². The van der Waals surface area contributed by atoms with E-state index in [2.05, 4.69) is 39.3 Å². The standard InChI is InChI=1S/C15H29N7S/c1-2-3-4-15-13(19-11-21-15)18-10-20-14(15)22-7-8-23-12(9-22)17-6-5-16/h9-10,13-14,17,19,21H,2-8,11,16H2,1H3,(H,18,20). The molecule has 0 aromatic carbocycles. The van der Waals surface area contributed by atoms with Gasteiger partial charge in [0.2, 0.25) is 0 Å². The summed E-state index contributed by atoms with van der Waals surface area (Å²) in [6.07, 6.45) is 7.94. The smallest absolute Gasteiger partial charge is 0.144 e. The molecule has 6 N–H and O–H groups in total. The molecule has 3 atom stereocenters. The summed E-state index contributed by atoms with van der Waals surface area (Å²) >= 11 is 1.86. The van der Waals surface area contributed by atoms with Gasteiger partial charge in [0.15, 0.2) is 0 Å². The summed E-state index contributed by atoms with van der Waals surface area (Å²) < 4.78 is 0. The zero-order valence-electron chi connectivity index (χ0n) is 13.8.